The highest BCUT2D eigenvalue weighted by atomic mass is 16.7. The van der Waals surface area contributed by atoms with Gasteiger partial charge in [-0.1, -0.05) is 36.4 Å². The largest absolute Gasteiger partial charge is 0.491 e. The van der Waals surface area contributed by atoms with Gasteiger partial charge in [0.15, 0.2) is 0 Å². The molecule has 0 saturated carbocycles. The molecule has 0 aliphatic carbocycles. The maximum atomic E-state index is 12.9. The number of benzene rings is 2. The van der Waals surface area contributed by atoms with Crippen LogP contribution in [0.15, 0.2) is 60.7 Å². The van der Waals surface area contributed by atoms with Crippen LogP contribution in [0.3, 0.4) is 0 Å². The van der Waals surface area contributed by atoms with Crippen LogP contribution < -0.4 is 20.1 Å². The van der Waals surface area contributed by atoms with Crippen molar-refractivity contribution < 1.29 is 42.7 Å². The Balaban J connectivity index is 1.77. The van der Waals surface area contributed by atoms with Crippen LogP contribution in [0.5, 0.6) is 11.5 Å². The van der Waals surface area contributed by atoms with Crippen molar-refractivity contribution in [3.05, 3.63) is 60.7 Å². The summed E-state index contributed by atoms with van der Waals surface area (Å²) in [5.41, 5.74) is 0. The molecule has 11 nitrogen and oxygen atoms in total. The smallest absolute Gasteiger partial charge is 0.315 e. The van der Waals surface area contributed by atoms with E-state index in [0.717, 1.165) is 0 Å². The Morgan fingerprint density at radius 2 is 1.05 bits per heavy atom. The third-order valence-corrected chi connectivity index (χ3v) is 5.65. The number of amides is 2. The number of carbonyl (C=O) groups excluding carboxylic acids is 1. The summed E-state index contributed by atoms with van der Waals surface area (Å²) in [7, 11) is 3.19. The SMILES string of the molecule is COCCOCO[C@H]1[C@H](OCOCCOC)[C@@H](COc2ccccc2)NC(=O)N[C@@H]1COc1ccccc1. The van der Waals surface area contributed by atoms with Crippen molar-refractivity contribution in [2.75, 3.05) is 67.4 Å². The Morgan fingerprint density at radius 1 is 0.632 bits per heavy atom. The van der Waals surface area contributed by atoms with E-state index in [-0.39, 0.29) is 26.8 Å². The van der Waals surface area contributed by atoms with Gasteiger partial charge in [-0.2, -0.15) is 0 Å². The molecule has 4 atom stereocenters. The number of hydrogen-bond acceptors (Lipinski definition) is 9. The van der Waals surface area contributed by atoms with Gasteiger partial charge in [-0.05, 0) is 24.3 Å². The molecule has 0 aromatic heterocycles. The first-order valence-electron chi connectivity index (χ1n) is 12.5. The predicted octanol–water partition coefficient (Wildman–Crippen LogP) is 2.21. The van der Waals surface area contributed by atoms with Crippen molar-refractivity contribution in [3.8, 4) is 11.5 Å². The van der Waals surface area contributed by atoms with Gasteiger partial charge in [0.25, 0.3) is 0 Å². The third-order valence-electron chi connectivity index (χ3n) is 5.65. The van der Waals surface area contributed by atoms with Crippen molar-refractivity contribution in [3.63, 3.8) is 0 Å². The molecule has 0 bridgehead atoms. The highest BCUT2D eigenvalue weighted by Crippen LogP contribution is 2.20. The number of urea groups is 1. The molecule has 2 N–H and O–H groups in total. The Morgan fingerprint density at radius 3 is 1.45 bits per heavy atom. The molecule has 0 radical (unpaired) electrons. The van der Waals surface area contributed by atoms with Crippen LogP contribution >= 0.6 is 0 Å². The van der Waals surface area contributed by atoms with E-state index in [0.29, 0.717) is 37.9 Å². The molecule has 1 heterocycles. The van der Waals surface area contributed by atoms with Crippen LogP contribution in [0.1, 0.15) is 0 Å². The number of para-hydroxylation sites is 2. The first kappa shape index (κ1) is 29.6. The molecule has 0 unspecified atom stereocenters. The lowest BCUT2D eigenvalue weighted by atomic mass is 10.0. The summed E-state index contributed by atoms with van der Waals surface area (Å²) >= 11 is 0. The van der Waals surface area contributed by atoms with E-state index in [4.69, 9.17) is 37.9 Å². The lowest BCUT2D eigenvalue weighted by Gasteiger charge is -2.34. The predicted molar refractivity (Wildman–Crippen MR) is 138 cm³/mol. The Hall–Kier alpha value is -2.93. The summed E-state index contributed by atoms with van der Waals surface area (Å²) in [6.07, 6.45) is -1.34. The van der Waals surface area contributed by atoms with E-state index in [1.165, 1.54) is 0 Å². The number of carbonyl (C=O) groups is 1. The number of ether oxygens (including phenoxy) is 8. The molecule has 1 saturated heterocycles. The molecule has 11 heteroatoms. The van der Waals surface area contributed by atoms with Gasteiger partial charge in [-0.15, -0.1) is 0 Å². The summed E-state index contributed by atoms with van der Waals surface area (Å²) in [4.78, 5) is 12.9. The molecule has 210 valence electrons. The van der Waals surface area contributed by atoms with Crippen LogP contribution in [-0.4, -0.2) is 97.8 Å². The lowest BCUT2D eigenvalue weighted by molar-refractivity contribution is -0.185. The topological polar surface area (TPSA) is 115 Å². The minimum Gasteiger partial charge on any atom is -0.491 e. The second-order valence-electron chi connectivity index (χ2n) is 8.38. The van der Waals surface area contributed by atoms with E-state index in [1.807, 2.05) is 60.7 Å². The van der Waals surface area contributed by atoms with Crippen LogP contribution in [0.2, 0.25) is 0 Å². The van der Waals surface area contributed by atoms with Gasteiger partial charge in [0.1, 0.15) is 50.5 Å². The molecular formula is C27H38N2O9. The van der Waals surface area contributed by atoms with Gasteiger partial charge in [-0.3, -0.25) is 0 Å². The molecule has 1 aliphatic rings. The molecule has 2 amide bonds. The molecule has 2 aromatic carbocycles. The highest BCUT2D eigenvalue weighted by Gasteiger charge is 2.42. The average Bonchev–Trinajstić information content (AvgIpc) is 3.07. The van der Waals surface area contributed by atoms with E-state index in [9.17, 15) is 4.79 Å². The number of rotatable bonds is 18. The fourth-order valence-corrected chi connectivity index (χ4v) is 3.76. The van der Waals surface area contributed by atoms with Crippen LogP contribution in [-0.2, 0) is 28.4 Å². The number of methoxy groups -OCH3 is 2. The van der Waals surface area contributed by atoms with Crippen LogP contribution in [0, 0.1) is 0 Å². The zero-order chi connectivity index (χ0) is 26.8. The molecule has 0 spiro atoms. The molecule has 1 fully saturated rings. The number of hydrogen-bond donors (Lipinski definition) is 2. The van der Waals surface area contributed by atoms with E-state index < -0.39 is 30.3 Å². The maximum Gasteiger partial charge on any atom is 0.315 e. The normalized spacial score (nSPS) is 21.3. The zero-order valence-corrected chi connectivity index (χ0v) is 21.9. The lowest BCUT2D eigenvalue weighted by Crippen LogP contribution is -2.54. The molecular weight excluding hydrogens is 496 g/mol. The molecule has 3 rings (SSSR count). The number of nitrogens with one attached hydrogen (secondary N) is 2. The van der Waals surface area contributed by atoms with Gasteiger partial charge >= 0.3 is 6.03 Å². The molecule has 1 aliphatic heterocycles. The minimum atomic E-state index is -0.671. The average molecular weight is 535 g/mol. The van der Waals surface area contributed by atoms with Gasteiger partial charge in [0, 0.05) is 14.2 Å². The Kier molecular flexibility index (Phi) is 13.7. The van der Waals surface area contributed by atoms with E-state index >= 15 is 0 Å². The fourth-order valence-electron chi connectivity index (χ4n) is 3.76. The first-order valence-corrected chi connectivity index (χ1v) is 12.5. The fraction of sp³-hybridized carbons (Fsp3) is 0.519. The van der Waals surface area contributed by atoms with Crippen molar-refractivity contribution >= 4 is 6.03 Å². The van der Waals surface area contributed by atoms with Gasteiger partial charge in [-0.25, -0.2) is 4.79 Å². The molecule has 38 heavy (non-hydrogen) atoms. The van der Waals surface area contributed by atoms with E-state index in [2.05, 4.69) is 10.6 Å². The van der Waals surface area contributed by atoms with E-state index in [1.54, 1.807) is 14.2 Å². The molecule has 2 aromatic rings. The second kappa shape index (κ2) is 17.6. The van der Waals surface area contributed by atoms with Gasteiger partial charge in [0.2, 0.25) is 0 Å². The monoisotopic (exact) mass is 534 g/mol. The summed E-state index contributed by atoms with van der Waals surface area (Å²) in [6, 6.07) is 17.1. The van der Waals surface area contributed by atoms with Crippen LogP contribution in [0.25, 0.3) is 0 Å². The Bertz CT molecular complexity index is 819. The maximum absolute atomic E-state index is 12.9. The highest BCUT2D eigenvalue weighted by molar-refractivity contribution is 5.75. The Labute approximate surface area is 223 Å². The zero-order valence-electron chi connectivity index (χ0n) is 21.9. The van der Waals surface area contributed by atoms with Crippen molar-refractivity contribution in [2.45, 2.75) is 24.3 Å². The van der Waals surface area contributed by atoms with Crippen molar-refractivity contribution in [1.29, 1.82) is 0 Å². The van der Waals surface area contributed by atoms with Crippen molar-refractivity contribution in [1.82, 2.24) is 10.6 Å². The standard InChI is InChI=1S/C27H38N2O9/c1-31-13-15-33-19-37-25-23(17-35-21-9-5-3-6-10-21)28-27(30)29-24(18-36-22-11-7-4-8-12-22)26(25)38-20-34-16-14-32-2/h3-12,23-26H,13-20H2,1-2H3,(H2,28,29,30)/t23-,24-,25-,26-/m1/s1. The summed E-state index contributed by atoms with van der Waals surface area (Å²) in [5.74, 6) is 1.33. The quantitative estimate of drug-likeness (QED) is 0.219. The summed E-state index contributed by atoms with van der Waals surface area (Å²) < 4.78 is 45.5. The van der Waals surface area contributed by atoms with Crippen LogP contribution in [0.4, 0.5) is 4.79 Å². The summed E-state index contributed by atoms with van der Waals surface area (Å²) in [5, 5.41) is 5.89. The van der Waals surface area contributed by atoms with Crippen molar-refractivity contribution in [2.24, 2.45) is 0 Å². The van der Waals surface area contributed by atoms with Gasteiger partial charge < -0.3 is 48.5 Å². The minimum absolute atomic E-state index is 0.0393. The van der Waals surface area contributed by atoms with Gasteiger partial charge in [0.05, 0.1) is 38.5 Å². The third kappa shape index (κ3) is 10.4. The summed E-state index contributed by atoms with van der Waals surface area (Å²) in [6.45, 7) is 1.75. The first-order chi connectivity index (χ1) is 18.7. The second-order valence-corrected chi connectivity index (χ2v) is 8.38.